The van der Waals surface area contributed by atoms with Gasteiger partial charge in [-0.2, -0.15) is 0 Å². The SMILES string of the molecule is CCCC1CCC(CN)C(C2CCC2)C1. The van der Waals surface area contributed by atoms with Crippen LogP contribution in [-0.4, -0.2) is 6.54 Å². The van der Waals surface area contributed by atoms with Crippen LogP contribution in [-0.2, 0) is 0 Å². The summed E-state index contributed by atoms with van der Waals surface area (Å²) in [4.78, 5) is 0. The standard InChI is InChI=1S/C14H27N/c1-2-4-11-7-8-13(10-15)14(9-11)12-5-3-6-12/h11-14H,2-10,15H2,1H3. The second kappa shape index (κ2) is 5.34. The Labute approximate surface area is 94.8 Å². The van der Waals surface area contributed by atoms with E-state index in [0.29, 0.717) is 0 Å². The zero-order valence-electron chi connectivity index (χ0n) is 10.3. The number of nitrogens with two attached hydrogens (primary N) is 1. The van der Waals surface area contributed by atoms with Crippen molar-refractivity contribution in [3.05, 3.63) is 0 Å². The van der Waals surface area contributed by atoms with Gasteiger partial charge >= 0.3 is 0 Å². The Morgan fingerprint density at radius 2 is 1.93 bits per heavy atom. The molecule has 0 bridgehead atoms. The van der Waals surface area contributed by atoms with E-state index in [1.54, 1.807) is 0 Å². The predicted octanol–water partition coefficient (Wildman–Crippen LogP) is 3.58. The van der Waals surface area contributed by atoms with Gasteiger partial charge in [0.05, 0.1) is 0 Å². The van der Waals surface area contributed by atoms with Gasteiger partial charge in [0, 0.05) is 0 Å². The van der Waals surface area contributed by atoms with E-state index in [0.717, 1.165) is 30.2 Å². The number of rotatable bonds is 4. The zero-order valence-corrected chi connectivity index (χ0v) is 10.3. The second-order valence-electron chi connectivity index (χ2n) is 5.82. The molecule has 2 fully saturated rings. The molecule has 2 saturated carbocycles. The van der Waals surface area contributed by atoms with E-state index in [1.165, 1.54) is 51.4 Å². The van der Waals surface area contributed by atoms with Crippen LogP contribution in [0.15, 0.2) is 0 Å². The van der Waals surface area contributed by atoms with Crippen molar-refractivity contribution in [1.29, 1.82) is 0 Å². The molecule has 2 N–H and O–H groups in total. The molecular weight excluding hydrogens is 182 g/mol. The molecule has 2 aliphatic carbocycles. The summed E-state index contributed by atoms with van der Waals surface area (Å²) >= 11 is 0. The Morgan fingerprint density at radius 3 is 2.47 bits per heavy atom. The maximum absolute atomic E-state index is 5.93. The summed E-state index contributed by atoms with van der Waals surface area (Å²) in [5, 5.41) is 0. The first-order valence-corrected chi connectivity index (χ1v) is 7.05. The van der Waals surface area contributed by atoms with E-state index in [4.69, 9.17) is 5.73 Å². The van der Waals surface area contributed by atoms with E-state index < -0.39 is 0 Å². The van der Waals surface area contributed by atoms with Crippen molar-refractivity contribution in [1.82, 2.24) is 0 Å². The highest BCUT2D eigenvalue weighted by molar-refractivity contribution is 4.88. The minimum absolute atomic E-state index is 0.864. The monoisotopic (exact) mass is 209 g/mol. The lowest BCUT2D eigenvalue weighted by atomic mass is 9.62. The first-order valence-electron chi connectivity index (χ1n) is 7.05. The molecule has 3 unspecified atom stereocenters. The maximum Gasteiger partial charge on any atom is -0.00461 e. The minimum atomic E-state index is 0.864. The molecule has 88 valence electrons. The lowest BCUT2D eigenvalue weighted by Crippen LogP contribution is -2.37. The molecule has 0 aromatic heterocycles. The largest absolute Gasteiger partial charge is 0.330 e. The van der Waals surface area contributed by atoms with Crippen molar-refractivity contribution >= 4 is 0 Å². The van der Waals surface area contributed by atoms with E-state index >= 15 is 0 Å². The van der Waals surface area contributed by atoms with Crippen LogP contribution in [0.2, 0.25) is 0 Å². The average molecular weight is 209 g/mol. The van der Waals surface area contributed by atoms with Crippen molar-refractivity contribution < 1.29 is 0 Å². The Bertz CT molecular complexity index is 186. The van der Waals surface area contributed by atoms with Gasteiger partial charge in [-0.05, 0) is 43.1 Å². The summed E-state index contributed by atoms with van der Waals surface area (Å²) in [5.74, 6) is 3.94. The van der Waals surface area contributed by atoms with E-state index in [2.05, 4.69) is 6.92 Å². The van der Waals surface area contributed by atoms with Gasteiger partial charge in [0.25, 0.3) is 0 Å². The van der Waals surface area contributed by atoms with Crippen molar-refractivity contribution in [2.45, 2.75) is 58.3 Å². The Balaban J connectivity index is 1.89. The van der Waals surface area contributed by atoms with E-state index in [9.17, 15) is 0 Å². The van der Waals surface area contributed by atoms with Crippen LogP contribution < -0.4 is 5.73 Å². The third kappa shape index (κ3) is 2.55. The summed E-state index contributed by atoms with van der Waals surface area (Å²) in [6.45, 7) is 3.27. The van der Waals surface area contributed by atoms with Gasteiger partial charge in [0.1, 0.15) is 0 Å². The summed E-state index contributed by atoms with van der Waals surface area (Å²) < 4.78 is 0. The second-order valence-corrected chi connectivity index (χ2v) is 5.82. The summed E-state index contributed by atoms with van der Waals surface area (Å²) in [6, 6.07) is 0. The third-order valence-electron chi connectivity index (χ3n) is 4.91. The topological polar surface area (TPSA) is 26.0 Å². The van der Waals surface area contributed by atoms with Gasteiger partial charge in [-0.15, -0.1) is 0 Å². The highest BCUT2D eigenvalue weighted by atomic mass is 14.6. The Hall–Kier alpha value is -0.0400. The van der Waals surface area contributed by atoms with Crippen molar-refractivity contribution in [3.63, 3.8) is 0 Å². The van der Waals surface area contributed by atoms with Crippen molar-refractivity contribution in [3.8, 4) is 0 Å². The molecule has 0 radical (unpaired) electrons. The fourth-order valence-electron chi connectivity index (χ4n) is 3.77. The Kier molecular flexibility index (Phi) is 4.07. The molecular formula is C14H27N. The summed E-state index contributed by atoms with van der Waals surface area (Å²) in [5.41, 5.74) is 5.93. The highest BCUT2D eigenvalue weighted by Crippen LogP contribution is 2.46. The summed E-state index contributed by atoms with van der Waals surface area (Å²) in [7, 11) is 0. The van der Waals surface area contributed by atoms with Crippen LogP contribution >= 0.6 is 0 Å². The predicted molar refractivity (Wildman–Crippen MR) is 65.6 cm³/mol. The molecule has 3 atom stereocenters. The van der Waals surface area contributed by atoms with Gasteiger partial charge < -0.3 is 5.73 Å². The van der Waals surface area contributed by atoms with Crippen LogP contribution in [0.3, 0.4) is 0 Å². The molecule has 1 heteroatoms. The minimum Gasteiger partial charge on any atom is -0.330 e. The van der Waals surface area contributed by atoms with Crippen molar-refractivity contribution in [2.24, 2.45) is 29.4 Å². The lowest BCUT2D eigenvalue weighted by molar-refractivity contribution is 0.0754. The molecule has 0 heterocycles. The third-order valence-corrected chi connectivity index (χ3v) is 4.91. The van der Waals surface area contributed by atoms with Crippen LogP contribution in [0.4, 0.5) is 0 Å². The smallest absolute Gasteiger partial charge is 0.00461 e. The molecule has 2 rings (SSSR count). The molecule has 0 aromatic rings. The van der Waals surface area contributed by atoms with E-state index in [1.807, 2.05) is 0 Å². The molecule has 1 nitrogen and oxygen atoms in total. The van der Waals surface area contributed by atoms with Crippen LogP contribution in [0.5, 0.6) is 0 Å². The van der Waals surface area contributed by atoms with Gasteiger partial charge in [0.2, 0.25) is 0 Å². The van der Waals surface area contributed by atoms with Crippen LogP contribution in [0.1, 0.15) is 58.3 Å². The number of hydrogen-bond acceptors (Lipinski definition) is 1. The quantitative estimate of drug-likeness (QED) is 0.752. The van der Waals surface area contributed by atoms with Crippen LogP contribution in [0, 0.1) is 23.7 Å². The normalized spacial score (nSPS) is 37.6. The van der Waals surface area contributed by atoms with Gasteiger partial charge in [-0.3, -0.25) is 0 Å². The molecule has 15 heavy (non-hydrogen) atoms. The fourth-order valence-corrected chi connectivity index (χ4v) is 3.77. The molecule has 0 aliphatic heterocycles. The maximum atomic E-state index is 5.93. The van der Waals surface area contributed by atoms with Gasteiger partial charge in [-0.25, -0.2) is 0 Å². The summed E-state index contributed by atoms with van der Waals surface area (Å²) in [6.07, 6.45) is 11.7. The molecule has 0 amide bonds. The van der Waals surface area contributed by atoms with Gasteiger partial charge in [0.15, 0.2) is 0 Å². The molecule has 0 aromatic carbocycles. The number of hydrogen-bond donors (Lipinski definition) is 1. The molecule has 0 saturated heterocycles. The van der Waals surface area contributed by atoms with Crippen molar-refractivity contribution in [2.75, 3.05) is 6.54 Å². The molecule has 0 spiro atoms. The highest BCUT2D eigenvalue weighted by Gasteiger charge is 2.36. The average Bonchev–Trinajstić information content (AvgIpc) is 2.16. The first-order chi connectivity index (χ1) is 7.35. The first kappa shape index (κ1) is 11.4. The fraction of sp³-hybridized carbons (Fsp3) is 1.00. The Morgan fingerprint density at radius 1 is 1.13 bits per heavy atom. The van der Waals surface area contributed by atoms with Crippen LogP contribution in [0.25, 0.3) is 0 Å². The molecule has 2 aliphatic rings. The lowest BCUT2D eigenvalue weighted by Gasteiger charge is -2.44. The van der Waals surface area contributed by atoms with Gasteiger partial charge in [-0.1, -0.05) is 45.4 Å². The van der Waals surface area contributed by atoms with E-state index in [-0.39, 0.29) is 0 Å². The zero-order chi connectivity index (χ0) is 10.7.